The van der Waals surface area contributed by atoms with Gasteiger partial charge in [-0.15, -0.1) is 0 Å². The lowest BCUT2D eigenvalue weighted by atomic mass is 9.87. The molecule has 0 radical (unpaired) electrons. The number of halogens is 1. The average Bonchev–Trinajstić information content (AvgIpc) is 3.02. The lowest BCUT2D eigenvalue weighted by molar-refractivity contribution is 0.170. The Bertz CT molecular complexity index is 721. The fourth-order valence-corrected chi connectivity index (χ4v) is 4.61. The van der Waals surface area contributed by atoms with Crippen molar-refractivity contribution in [1.29, 1.82) is 0 Å². The smallest absolute Gasteiger partial charge is 0.154 e. The summed E-state index contributed by atoms with van der Waals surface area (Å²) in [4.78, 5) is 11.6. The Morgan fingerprint density at radius 1 is 1.23 bits per heavy atom. The van der Waals surface area contributed by atoms with Crippen LogP contribution in [0.5, 0.6) is 0 Å². The van der Waals surface area contributed by atoms with Gasteiger partial charge in [-0.05, 0) is 31.6 Å². The Balaban J connectivity index is 1.68. The summed E-state index contributed by atoms with van der Waals surface area (Å²) in [5.41, 5.74) is 2.49. The maximum atomic E-state index is 6.23. The minimum Gasteiger partial charge on any atom is -0.299 e. The molecule has 0 amide bonds. The number of piperidine rings is 1. The number of fused-ring (bicyclic) bond motifs is 2. The van der Waals surface area contributed by atoms with Crippen LogP contribution >= 0.6 is 11.6 Å². The molecule has 0 saturated carbocycles. The molecular weight excluding hydrogens is 296 g/mol. The first kappa shape index (κ1) is 14.5. The quantitative estimate of drug-likeness (QED) is 0.804. The van der Waals surface area contributed by atoms with Crippen molar-refractivity contribution in [2.75, 3.05) is 13.1 Å². The second kappa shape index (κ2) is 4.93. The highest BCUT2D eigenvalue weighted by atomic mass is 35.5. The standard InChI is InChI=1S/C17H23ClN4/c1-11-7-19-15(18)14-8-20-16(22(11)14)12-4-5-13-6-17(2,3)10-21(13)9-12/h7-8,12-13H,4-6,9-10H2,1-3H3/t12-,13+/m1/s1. The third-order valence-corrected chi connectivity index (χ3v) is 5.61. The fraction of sp³-hybridized carbons (Fsp3) is 0.647. The Morgan fingerprint density at radius 2 is 2.05 bits per heavy atom. The molecule has 118 valence electrons. The Labute approximate surface area is 136 Å². The van der Waals surface area contributed by atoms with Crippen LogP contribution in [-0.2, 0) is 0 Å². The van der Waals surface area contributed by atoms with Crippen molar-refractivity contribution >= 4 is 17.1 Å². The molecule has 2 saturated heterocycles. The first-order chi connectivity index (χ1) is 10.4. The van der Waals surface area contributed by atoms with Gasteiger partial charge in [0.25, 0.3) is 0 Å². The number of aromatic nitrogens is 3. The topological polar surface area (TPSA) is 33.4 Å². The number of hydrogen-bond donors (Lipinski definition) is 0. The molecule has 4 heterocycles. The number of hydrogen-bond acceptors (Lipinski definition) is 3. The lowest BCUT2D eigenvalue weighted by Gasteiger charge is -2.34. The van der Waals surface area contributed by atoms with Crippen LogP contribution < -0.4 is 0 Å². The zero-order chi connectivity index (χ0) is 15.5. The van der Waals surface area contributed by atoms with Crippen LogP contribution in [0.1, 0.15) is 50.5 Å². The highest BCUT2D eigenvalue weighted by Gasteiger charge is 2.41. The summed E-state index contributed by atoms with van der Waals surface area (Å²) in [7, 11) is 0. The van der Waals surface area contributed by atoms with Crippen LogP contribution in [0.3, 0.4) is 0 Å². The normalized spacial score (nSPS) is 28.2. The van der Waals surface area contributed by atoms with Crippen LogP contribution in [-0.4, -0.2) is 38.4 Å². The van der Waals surface area contributed by atoms with Gasteiger partial charge < -0.3 is 0 Å². The molecular formula is C17H23ClN4. The van der Waals surface area contributed by atoms with Crippen molar-refractivity contribution in [3.63, 3.8) is 0 Å². The molecule has 0 aromatic carbocycles. The van der Waals surface area contributed by atoms with E-state index in [4.69, 9.17) is 16.6 Å². The molecule has 0 unspecified atom stereocenters. The molecule has 2 fully saturated rings. The summed E-state index contributed by atoms with van der Waals surface area (Å²) >= 11 is 6.23. The molecule has 0 N–H and O–H groups in total. The molecule has 4 rings (SSSR count). The van der Waals surface area contributed by atoms with E-state index in [1.807, 2.05) is 12.4 Å². The predicted octanol–water partition coefficient (Wildman–Crippen LogP) is 3.67. The van der Waals surface area contributed by atoms with E-state index in [-0.39, 0.29) is 0 Å². The molecule has 2 aromatic heterocycles. The number of aryl methyl sites for hydroxylation is 1. The van der Waals surface area contributed by atoms with Gasteiger partial charge in [0.15, 0.2) is 5.15 Å². The van der Waals surface area contributed by atoms with E-state index in [2.05, 4.69) is 35.1 Å². The minimum absolute atomic E-state index is 0.456. The van der Waals surface area contributed by atoms with Crippen molar-refractivity contribution in [1.82, 2.24) is 19.3 Å². The van der Waals surface area contributed by atoms with Crippen molar-refractivity contribution in [2.24, 2.45) is 5.41 Å². The van der Waals surface area contributed by atoms with Gasteiger partial charge in [0, 0.05) is 36.9 Å². The van der Waals surface area contributed by atoms with E-state index in [0.717, 1.165) is 29.6 Å². The molecule has 0 bridgehead atoms. The minimum atomic E-state index is 0.456. The molecule has 0 aliphatic carbocycles. The van der Waals surface area contributed by atoms with Crippen LogP contribution in [0.4, 0.5) is 0 Å². The van der Waals surface area contributed by atoms with Crippen molar-refractivity contribution < 1.29 is 0 Å². The van der Waals surface area contributed by atoms with Gasteiger partial charge >= 0.3 is 0 Å². The van der Waals surface area contributed by atoms with E-state index in [1.165, 1.54) is 25.8 Å². The van der Waals surface area contributed by atoms with Gasteiger partial charge in [0.2, 0.25) is 0 Å². The van der Waals surface area contributed by atoms with Crippen molar-refractivity contribution in [3.8, 4) is 0 Å². The monoisotopic (exact) mass is 318 g/mol. The van der Waals surface area contributed by atoms with Crippen molar-refractivity contribution in [3.05, 3.63) is 29.1 Å². The summed E-state index contributed by atoms with van der Waals surface area (Å²) in [6, 6.07) is 0.767. The molecule has 2 aliphatic rings. The third kappa shape index (κ3) is 2.24. The first-order valence-corrected chi connectivity index (χ1v) is 8.55. The maximum absolute atomic E-state index is 6.23. The van der Waals surface area contributed by atoms with E-state index in [9.17, 15) is 0 Å². The van der Waals surface area contributed by atoms with E-state index in [1.54, 1.807) is 0 Å². The zero-order valence-corrected chi connectivity index (χ0v) is 14.3. The largest absolute Gasteiger partial charge is 0.299 e. The Morgan fingerprint density at radius 3 is 2.86 bits per heavy atom. The molecule has 2 atom stereocenters. The zero-order valence-electron chi connectivity index (χ0n) is 13.5. The van der Waals surface area contributed by atoms with Crippen LogP contribution in [0, 0.1) is 12.3 Å². The van der Waals surface area contributed by atoms with Gasteiger partial charge in [-0.25, -0.2) is 9.97 Å². The van der Waals surface area contributed by atoms with Crippen molar-refractivity contribution in [2.45, 2.75) is 52.0 Å². The molecule has 2 aliphatic heterocycles. The van der Waals surface area contributed by atoms with Gasteiger partial charge in [-0.3, -0.25) is 9.30 Å². The molecule has 4 nitrogen and oxygen atoms in total. The van der Waals surface area contributed by atoms with Crippen LogP contribution in [0.25, 0.3) is 5.52 Å². The SMILES string of the molecule is Cc1cnc(Cl)c2cnc([C@@H]3CC[C@H]4CC(C)(C)CN4C3)n12. The summed E-state index contributed by atoms with van der Waals surface area (Å²) in [6.45, 7) is 9.18. The van der Waals surface area contributed by atoms with Crippen LogP contribution in [0.2, 0.25) is 5.15 Å². The second-order valence-electron chi connectivity index (χ2n) is 7.75. The summed E-state index contributed by atoms with van der Waals surface area (Å²) in [5, 5.41) is 0.542. The van der Waals surface area contributed by atoms with E-state index < -0.39 is 0 Å². The summed E-state index contributed by atoms with van der Waals surface area (Å²) in [6.07, 6.45) is 7.54. The van der Waals surface area contributed by atoms with Crippen LogP contribution in [0.15, 0.2) is 12.4 Å². The molecule has 22 heavy (non-hydrogen) atoms. The van der Waals surface area contributed by atoms with E-state index in [0.29, 0.717) is 16.5 Å². The number of rotatable bonds is 1. The fourth-order valence-electron chi connectivity index (χ4n) is 4.43. The molecule has 2 aromatic rings. The third-order valence-electron chi connectivity index (χ3n) is 5.32. The highest BCUT2D eigenvalue weighted by Crippen LogP contribution is 2.41. The summed E-state index contributed by atoms with van der Waals surface area (Å²) in [5.74, 6) is 1.64. The number of imidazole rings is 1. The van der Waals surface area contributed by atoms with Gasteiger partial charge in [-0.2, -0.15) is 0 Å². The second-order valence-corrected chi connectivity index (χ2v) is 8.11. The first-order valence-electron chi connectivity index (χ1n) is 8.17. The van der Waals surface area contributed by atoms with Gasteiger partial charge in [0.05, 0.1) is 6.20 Å². The highest BCUT2D eigenvalue weighted by molar-refractivity contribution is 6.32. The molecule has 0 spiro atoms. The van der Waals surface area contributed by atoms with E-state index >= 15 is 0 Å². The Hall–Kier alpha value is -1.13. The molecule has 5 heteroatoms. The lowest BCUT2D eigenvalue weighted by Crippen LogP contribution is -2.39. The summed E-state index contributed by atoms with van der Waals surface area (Å²) < 4.78 is 2.20. The maximum Gasteiger partial charge on any atom is 0.154 e. The van der Waals surface area contributed by atoms with Gasteiger partial charge in [-0.1, -0.05) is 25.4 Å². The predicted molar refractivity (Wildman–Crippen MR) is 88.5 cm³/mol. The number of nitrogens with zero attached hydrogens (tertiary/aromatic N) is 4. The average molecular weight is 319 g/mol. The Kier molecular flexibility index (Phi) is 3.24. The van der Waals surface area contributed by atoms with Gasteiger partial charge in [0.1, 0.15) is 11.3 Å².